The molecule has 0 aromatic carbocycles. The fourth-order valence-corrected chi connectivity index (χ4v) is 4.28. The van der Waals surface area contributed by atoms with E-state index in [-0.39, 0.29) is 11.8 Å². The maximum absolute atomic E-state index is 12.5. The lowest BCUT2D eigenvalue weighted by Gasteiger charge is -2.32. The van der Waals surface area contributed by atoms with Gasteiger partial charge >= 0.3 is 0 Å². The third kappa shape index (κ3) is 5.20. The fourth-order valence-electron chi connectivity index (χ4n) is 4.28. The highest BCUT2D eigenvalue weighted by Gasteiger charge is 2.25. The normalized spacial score (nSPS) is 19.7. The number of unbranched alkanes of at least 4 members (excludes halogenated alkanes) is 1. The SMILES string of the molecule is CC1CCN(CCCCNC(=O)C2CCN(c3ccc4nnnn4n3)CC2)CC1. The van der Waals surface area contributed by atoms with Gasteiger partial charge in [0.05, 0.1) is 0 Å². The zero-order chi connectivity index (χ0) is 20.1. The summed E-state index contributed by atoms with van der Waals surface area (Å²) in [6.45, 7) is 8.43. The third-order valence-corrected chi connectivity index (χ3v) is 6.32. The fraction of sp³-hybridized carbons (Fsp3) is 0.750. The summed E-state index contributed by atoms with van der Waals surface area (Å²) in [5.74, 6) is 2.05. The van der Waals surface area contributed by atoms with Crippen molar-refractivity contribution in [2.45, 2.75) is 45.4 Å². The lowest BCUT2D eigenvalue weighted by Crippen LogP contribution is -2.41. The Morgan fingerprint density at radius 1 is 1.10 bits per heavy atom. The van der Waals surface area contributed by atoms with E-state index in [1.165, 1.54) is 43.5 Å². The maximum Gasteiger partial charge on any atom is 0.223 e. The number of aromatic nitrogens is 5. The van der Waals surface area contributed by atoms with Crippen molar-refractivity contribution in [1.29, 1.82) is 0 Å². The van der Waals surface area contributed by atoms with Crippen LogP contribution in [0.4, 0.5) is 5.82 Å². The number of hydrogen-bond donors (Lipinski definition) is 1. The van der Waals surface area contributed by atoms with Crippen LogP contribution in [0.25, 0.3) is 5.65 Å². The molecule has 0 radical (unpaired) electrons. The highest BCUT2D eigenvalue weighted by atomic mass is 16.1. The lowest BCUT2D eigenvalue weighted by molar-refractivity contribution is -0.125. The molecular weight excluding hydrogens is 368 g/mol. The van der Waals surface area contributed by atoms with Gasteiger partial charge in [0.2, 0.25) is 5.91 Å². The molecule has 2 aromatic rings. The molecule has 158 valence electrons. The number of hydrogen-bond acceptors (Lipinski definition) is 7. The summed E-state index contributed by atoms with van der Waals surface area (Å²) in [6, 6.07) is 3.81. The number of anilines is 1. The minimum atomic E-state index is 0.103. The van der Waals surface area contributed by atoms with Crippen LogP contribution in [0.15, 0.2) is 12.1 Å². The number of piperidine rings is 2. The highest BCUT2D eigenvalue weighted by molar-refractivity contribution is 5.78. The van der Waals surface area contributed by atoms with Gasteiger partial charge in [0.1, 0.15) is 0 Å². The topological polar surface area (TPSA) is 91.5 Å². The summed E-state index contributed by atoms with van der Waals surface area (Å²) in [4.78, 5) is 17.3. The molecule has 0 bridgehead atoms. The average Bonchev–Trinajstić information content (AvgIpc) is 3.23. The molecule has 9 heteroatoms. The predicted octanol–water partition coefficient (Wildman–Crippen LogP) is 1.36. The van der Waals surface area contributed by atoms with E-state index in [0.29, 0.717) is 5.65 Å². The number of carbonyl (C=O) groups is 1. The predicted molar refractivity (Wildman–Crippen MR) is 111 cm³/mol. The van der Waals surface area contributed by atoms with Gasteiger partial charge in [-0.05, 0) is 86.6 Å². The van der Waals surface area contributed by atoms with Crippen molar-refractivity contribution >= 4 is 17.4 Å². The van der Waals surface area contributed by atoms with E-state index in [1.807, 2.05) is 12.1 Å². The Kier molecular flexibility index (Phi) is 6.53. The van der Waals surface area contributed by atoms with Gasteiger partial charge in [-0.1, -0.05) is 6.92 Å². The van der Waals surface area contributed by atoms with Crippen LogP contribution in [0.1, 0.15) is 45.4 Å². The highest BCUT2D eigenvalue weighted by Crippen LogP contribution is 2.22. The van der Waals surface area contributed by atoms with E-state index in [2.05, 4.69) is 42.7 Å². The molecule has 0 spiro atoms. The molecule has 2 fully saturated rings. The van der Waals surface area contributed by atoms with Gasteiger partial charge < -0.3 is 15.1 Å². The summed E-state index contributed by atoms with van der Waals surface area (Å²) in [5.41, 5.74) is 0.637. The van der Waals surface area contributed by atoms with Crippen molar-refractivity contribution in [2.24, 2.45) is 11.8 Å². The Hall–Kier alpha value is -2.29. The minimum Gasteiger partial charge on any atom is -0.356 e. The van der Waals surface area contributed by atoms with Crippen LogP contribution in [-0.4, -0.2) is 75.3 Å². The Morgan fingerprint density at radius 2 is 1.90 bits per heavy atom. The first-order valence-electron chi connectivity index (χ1n) is 11.0. The van der Waals surface area contributed by atoms with Crippen molar-refractivity contribution in [1.82, 2.24) is 35.5 Å². The van der Waals surface area contributed by atoms with Crippen molar-refractivity contribution in [3.8, 4) is 0 Å². The van der Waals surface area contributed by atoms with Gasteiger partial charge in [-0.2, -0.15) is 0 Å². The first-order valence-corrected chi connectivity index (χ1v) is 11.0. The number of nitrogens with zero attached hydrogens (tertiary/aromatic N) is 7. The Labute approximate surface area is 171 Å². The smallest absolute Gasteiger partial charge is 0.223 e. The Morgan fingerprint density at radius 3 is 2.69 bits per heavy atom. The molecule has 29 heavy (non-hydrogen) atoms. The summed E-state index contributed by atoms with van der Waals surface area (Å²) < 4.78 is 1.44. The number of carbonyl (C=O) groups excluding carboxylic acids is 1. The molecule has 0 aliphatic carbocycles. The molecule has 2 aliphatic heterocycles. The third-order valence-electron chi connectivity index (χ3n) is 6.32. The summed E-state index contributed by atoms with van der Waals surface area (Å²) in [6.07, 6.45) is 6.59. The second kappa shape index (κ2) is 9.47. The average molecular weight is 401 g/mol. The summed E-state index contributed by atoms with van der Waals surface area (Å²) in [5, 5.41) is 18.9. The number of amides is 1. The van der Waals surface area contributed by atoms with Crippen LogP contribution in [0.5, 0.6) is 0 Å². The maximum atomic E-state index is 12.5. The molecule has 2 aromatic heterocycles. The number of fused-ring (bicyclic) bond motifs is 1. The second-order valence-corrected chi connectivity index (χ2v) is 8.50. The molecule has 0 atom stereocenters. The van der Waals surface area contributed by atoms with Crippen LogP contribution in [0.2, 0.25) is 0 Å². The van der Waals surface area contributed by atoms with Crippen LogP contribution in [-0.2, 0) is 4.79 Å². The van der Waals surface area contributed by atoms with Gasteiger partial charge in [0.15, 0.2) is 11.5 Å². The van der Waals surface area contributed by atoms with E-state index in [9.17, 15) is 4.79 Å². The molecule has 0 saturated carbocycles. The Bertz CT molecular complexity index is 793. The number of tetrazole rings is 1. The van der Waals surface area contributed by atoms with E-state index in [1.54, 1.807) is 0 Å². The lowest BCUT2D eigenvalue weighted by atomic mass is 9.96. The largest absolute Gasteiger partial charge is 0.356 e. The van der Waals surface area contributed by atoms with Gasteiger partial charge in [0.25, 0.3) is 0 Å². The minimum absolute atomic E-state index is 0.103. The standard InChI is InChI=1S/C20H32N8O/c1-16-6-12-26(13-7-16)11-3-2-10-21-20(29)17-8-14-27(15-9-17)19-5-4-18-22-24-25-28(18)23-19/h4-5,16-17H,2-3,6-15H2,1H3,(H,21,29). The second-order valence-electron chi connectivity index (χ2n) is 8.50. The number of rotatable bonds is 7. The molecule has 4 rings (SSSR count). The van der Waals surface area contributed by atoms with E-state index >= 15 is 0 Å². The number of nitrogens with one attached hydrogen (secondary N) is 1. The van der Waals surface area contributed by atoms with Crippen molar-refractivity contribution < 1.29 is 4.79 Å². The van der Waals surface area contributed by atoms with E-state index < -0.39 is 0 Å². The van der Waals surface area contributed by atoms with Gasteiger partial charge in [-0.15, -0.1) is 14.8 Å². The van der Waals surface area contributed by atoms with Crippen molar-refractivity contribution in [3.05, 3.63) is 12.1 Å². The van der Waals surface area contributed by atoms with Crippen LogP contribution in [0.3, 0.4) is 0 Å². The van der Waals surface area contributed by atoms with Crippen molar-refractivity contribution in [2.75, 3.05) is 44.2 Å². The zero-order valence-corrected chi connectivity index (χ0v) is 17.3. The van der Waals surface area contributed by atoms with Gasteiger partial charge in [0, 0.05) is 25.6 Å². The van der Waals surface area contributed by atoms with E-state index in [4.69, 9.17) is 0 Å². The van der Waals surface area contributed by atoms with Crippen LogP contribution < -0.4 is 10.2 Å². The molecule has 9 nitrogen and oxygen atoms in total. The molecule has 2 saturated heterocycles. The summed E-state index contributed by atoms with van der Waals surface area (Å²) >= 11 is 0. The molecule has 1 amide bonds. The summed E-state index contributed by atoms with van der Waals surface area (Å²) in [7, 11) is 0. The van der Waals surface area contributed by atoms with Crippen LogP contribution in [0, 0.1) is 11.8 Å². The molecule has 2 aliphatic rings. The monoisotopic (exact) mass is 400 g/mol. The molecule has 4 heterocycles. The van der Waals surface area contributed by atoms with Crippen LogP contribution >= 0.6 is 0 Å². The van der Waals surface area contributed by atoms with Crippen molar-refractivity contribution in [3.63, 3.8) is 0 Å². The quantitative estimate of drug-likeness (QED) is 0.702. The zero-order valence-electron chi connectivity index (χ0n) is 17.3. The Balaban J connectivity index is 1.13. The molecule has 1 N–H and O–H groups in total. The van der Waals surface area contributed by atoms with Gasteiger partial charge in [-0.25, -0.2) is 0 Å². The number of likely N-dealkylation sites (tertiary alicyclic amines) is 1. The van der Waals surface area contributed by atoms with E-state index in [0.717, 1.165) is 50.6 Å². The first-order chi connectivity index (χ1) is 14.2. The molecular formula is C20H32N8O. The molecule has 0 unspecified atom stereocenters. The first kappa shape index (κ1) is 20.0. The van der Waals surface area contributed by atoms with Gasteiger partial charge in [-0.3, -0.25) is 4.79 Å².